The Morgan fingerprint density at radius 1 is 1.20 bits per heavy atom. The molecule has 1 fully saturated rings. The largest absolute Gasteiger partial charge is 0.481 e. The Morgan fingerprint density at radius 3 is 2.75 bits per heavy atom. The topological polar surface area (TPSA) is 43.8 Å². The van der Waals surface area contributed by atoms with Crippen molar-refractivity contribution < 1.29 is 9.90 Å². The first-order valence-electron chi connectivity index (χ1n) is 6.89. The van der Waals surface area contributed by atoms with Crippen LogP contribution in [0.4, 0.5) is 5.69 Å². The monoisotopic (exact) mass is 290 g/mol. The molecule has 4 nitrogen and oxygen atoms in total. The molecule has 1 aliphatic heterocycles. The summed E-state index contributed by atoms with van der Waals surface area (Å²) >= 11 is 1.78. The van der Waals surface area contributed by atoms with Gasteiger partial charge in [0.05, 0.1) is 6.42 Å². The zero-order valence-corrected chi connectivity index (χ0v) is 12.1. The molecule has 0 aliphatic carbocycles. The molecule has 0 bridgehead atoms. The van der Waals surface area contributed by atoms with Gasteiger partial charge in [0.15, 0.2) is 0 Å². The Hall–Kier alpha value is -1.59. The van der Waals surface area contributed by atoms with Gasteiger partial charge in [0, 0.05) is 48.5 Å². The standard InChI is InChI=1S/C15H18N2O2S/c18-15(19)4-6-16-7-9-17(10-8-16)13-2-1-3-14-12(13)5-11-20-14/h1-3,5,11H,4,6-10H2,(H,18,19). The van der Waals surface area contributed by atoms with Crippen molar-refractivity contribution in [3.8, 4) is 0 Å². The molecule has 20 heavy (non-hydrogen) atoms. The van der Waals surface area contributed by atoms with E-state index in [1.807, 2.05) is 0 Å². The number of fused-ring (bicyclic) bond motifs is 1. The third kappa shape index (κ3) is 2.78. The lowest BCUT2D eigenvalue weighted by molar-refractivity contribution is -0.137. The summed E-state index contributed by atoms with van der Waals surface area (Å²) in [5, 5.41) is 12.2. The maximum atomic E-state index is 10.6. The van der Waals surface area contributed by atoms with Gasteiger partial charge < -0.3 is 10.0 Å². The van der Waals surface area contributed by atoms with Gasteiger partial charge in [-0.3, -0.25) is 9.69 Å². The predicted octanol–water partition coefficient (Wildman–Crippen LogP) is 2.50. The van der Waals surface area contributed by atoms with Crippen LogP contribution in [0.2, 0.25) is 0 Å². The van der Waals surface area contributed by atoms with E-state index in [9.17, 15) is 4.79 Å². The summed E-state index contributed by atoms with van der Waals surface area (Å²) in [5.41, 5.74) is 1.31. The SMILES string of the molecule is O=C(O)CCN1CCN(c2cccc3sccc23)CC1. The fourth-order valence-corrected chi connectivity index (χ4v) is 3.53. The Morgan fingerprint density at radius 2 is 2.00 bits per heavy atom. The van der Waals surface area contributed by atoms with Gasteiger partial charge >= 0.3 is 5.97 Å². The number of carbonyl (C=O) groups is 1. The zero-order valence-electron chi connectivity index (χ0n) is 11.3. The highest BCUT2D eigenvalue weighted by atomic mass is 32.1. The Bertz CT molecular complexity index is 603. The Labute approximate surface area is 122 Å². The second-order valence-electron chi connectivity index (χ2n) is 5.08. The highest BCUT2D eigenvalue weighted by Gasteiger charge is 2.19. The number of carboxylic acid groups (broad SMARTS) is 1. The molecule has 1 saturated heterocycles. The fourth-order valence-electron chi connectivity index (χ4n) is 2.72. The van der Waals surface area contributed by atoms with Crippen molar-refractivity contribution in [2.45, 2.75) is 6.42 Å². The first-order chi connectivity index (χ1) is 9.74. The molecular formula is C15H18N2O2S. The average Bonchev–Trinajstić information content (AvgIpc) is 2.94. The second kappa shape index (κ2) is 5.81. The molecule has 1 aromatic carbocycles. The van der Waals surface area contributed by atoms with E-state index in [0.717, 1.165) is 26.2 Å². The summed E-state index contributed by atoms with van der Waals surface area (Å²) in [7, 11) is 0. The molecule has 0 unspecified atom stereocenters. The van der Waals surface area contributed by atoms with Gasteiger partial charge in [-0.25, -0.2) is 0 Å². The predicted molar refractivity (Wildman–Crippen MR) is 82.7 cm³/mol. The van der Waals surface area contributed by atoms with Gasteiger partial charge in [-0.2, -0.15) is 0 Å². The number of piperazine rings is 1. The molecule has 0 amide bonds. The summed E-state index contributed by atoms with van der Waals surface area (Å²) in [4.78, 5) is 15.3. The van der Waals surface area contributed by atoms with E-state index in [1.165, 1.54) is 15.8 Å². The van der Waals surface area contributed by atoms with Gasteiger partial charge in [-0.05, 0) is 23.6 Å². The number of anilines is 1. The number of thiophene rings is 1. The molecule has 3 rings (SSSR count). The zero-order chi connectivity index (χ0) is 13.9. The summed E-state index contributed by atoms with van der Waals surface area (Å²) < 4.78 is 1.33. The molecule has 5 heteroatoms. The quantitative estimate of drug-likeness (QED) is 0.939. The molecule has 2 aromatic rings. The molecule has 0 atom stereocenters. The number of benzene rings is 1. The normalized spacial score (nSPS) is 16.7. The molecule has 1 N–H and O–H groups in total. The van der Waals surface area contributed by atoms with Crippen LogP contribution in [-0.4, -0.2) is 48.7 Å². The molecule has 106 valence electrons. The lowest BCUT2D eigenvalue weighted by atomic mass is 10.2. The summed E-state index contributed by atoms with van der Waals surface area (Å²) in [6.45, 7) is 4.47. The van der Waals surface area contributed by atoms with Crippen molar-refractivity contribution in [3.63, 3.8) is 0 Å². The van der Waals surface area contributed by atoms with Crippen molar-refractivity contribution in [1.82, 2.24) is 4.90 Å². The lowest BCUT2D eigenvalue weighted by Crippen LogP contribution is -2.47. The van der Waals surface area contributed by atoms with Crippen molar-refractivity contribution in [1.29, 1.82) is 0 Å². The molecule has 1 aliphatic rings. The number of rotatable bonds is 4. The molecular weight excluding hydrogens is 272 g/mol. The molecule has 1 aromatic heterocycles. The van der Waals surface area contributed by atoms with Gasteiger partial charge in [0.2, 0.25) is 0 Å². The van der Waals surface area contributed by atoms with E-state index in [2.05, 4.69) is 39.4 Å². The maximum Gasteiger partial charge on any atom is 0.304 e. The van der Waals surface area contributed by atoms with Gasteiger partial charge in [-0.15, -0.1) is 11.3 Å². The Balaban J connectivity index is 1.66. The molecule has 0 saturated carbocycles. The molecule has 0 radical (unpaired) electrons. The maximum absolute atomic E-state index is 10.6. The number of hydrogen-bond donors (Lipinski definition) is 1. The van der Waals surface area contributed by atoms with E-state index < -0.39 is 5.97 Å². The third-order valence-electron chi connectivity index (χ3n) is 3.83. The molecule has 0 spiro atoms. The van der Waals surface area contributed by atoms with Crippen LogP contribution < -0.4 is 4.90 Å². The minimum Gasteiger partial charge on any atom is -0.481 e. The van der Waals surface area contributed by atoms with Crippen LogP contribution in [0.3, 0.4) is 0 Å². The summed E-state index contributed by atoms with van der Waals surface area (Å²) in [5.74, 6) is -0.713. The van der Waals surface area contributed by atoms with Crippen LogP contribution in [-0.2, 0) is 4.79 Å². The first kappa shape index (κ1) is 13.4. The summed E-state index contributed by atoms with van der Waals surface area (Å²) in [6, 6.07) is 8.64. The van der Waals surface area contributed by atoms with Gasteiger partial charge in [-0.1, -0.05) is 6.07 Å². The van der Waals surface area contributed by atoms with E-state index in [0.29, 0.717) is 6.54 Å². The number of hydrogen-bond acceptors (Lipinski definition) is 4. The van der Waals surface area contributed by atoms with Crippen LogP contribution in [0.15, 0.2) is 29.6 Å². The molecule has 2 heterocycles. The number of nitrogens with zero attached hydrogens (tertiary/aromatic N) is 2. The van der Waals surface area contributed by atoms with Crippen molar-refractivity contribution in [3.05, 3.63) is 29.6 Å². The van der Waals surface area contributed by atoms with Crippen LogP contribution in [0.25, 0.3) is 10.1 Å². The van der Waals surface area contributed by atoms with Crippen LogP contribution >= 0.6 is 11.3 Å². The average molecular weight is 290 g/mol. The van der Waals surface area contributed by atoms with Crippen molar-refractivity contribution in [2.75, 3.05) is 37.6 Å². The van der Waals surface area contributed by atoms with E-state index >= 15 is 0 Å². The third-order valence-corrected chi connectivity index (χ3v) is 4.71. The van der Waals surface area contributed by atoms with Crippen LogP contribution in [0.5, 0.6) is 0 Å². The van der Waals surface area contributed by atoms with Gasteiger partial charge in [0.25, 0.3) is 0 Å². The Kier molecular flexibility index (Phi) is 3.89. The number of aliphatic carboxylic acids is 1. The van der Waals surface area contributed by atoms with E-state index in [1.54, 1.807) is 11.3 Å². The van der Waals surface area contributed by atoms with E-state index in [-0.39, 0.29) is 6.42 Å². The van der Waals surface area contributed by atoms with Crippen molar-refractivity contribution in [2.24, 2.45) is 0 Å². The smallest absolute Gasteiger partial charge is 0.304 e. The lowest BCUT2D eigenvalue weighted by Gasteiger charge is -2.36. The summed E-state index contributed by atoms with van der Waals surface area (Å²) in [6.07, 6.45) is 0.236. The minimum atomic E-state index is -0.713. The number of carboxylic acids is 1. The van der Waals surface area contributed by atoms with Crippen molar-refractivity contribution >= 4 is 33.1 Å². The van der Waals surface area contributed by atoms with Crippen LogP contribution in [0, 0.1) is 0 Å². The van der Waals surface area contributed by atoms with E-state index in [4.69, 9.17) is 5.11 Å². The highest BCUT2D eigenvalue weighted by Crippen LogP contribution is 2.30. The fraction of sp³-hybridized carbons (Fsp3) is 0.400. The highest BCUT2D eigenvalue weighted by molar-refractivity contribution is 7.17. The second-order valence-corrected chi connectivity index (χ2v) is 6.03. The first-order valence-corrected chi connectivity index (χ1v) is 7.77. The van der Waals surface area contributed by atoms with Crippen LogP contribution in [0.1, 0.15) is 6.42 Å². The van der Waals surface area contributed by atoms with Gasteiger partial charge in [0.1, 0.15) is 0 Å². The minimum absolute atomic E-state index is 0.236.